The molecule has 0 saturated carbocycles. The highest BCUT2D eigenvalue weighted by Gasteiger charge is 2.40. The quantitative estimate of drug-likeness (QED) is 0.329. The monoisotopic (exact) mass is 447 g/mol. The normalized spacial score (nSPS) is 14.5. The Labute approximate surface area is 184 Å². The van der Waals surface area contributed by atoms with Crippen LogP contribution in [0.25, 0.3) is 21.8 Å². The summed E-state index contributed by atoms with van der Waals surface area (Å²) < 4.78 is 2.24. The van der Waals surface area contributed by atoms with E-state index in [-0.39, 0.29) is 6.42 Å². The van der Waals surface area contributed by atoms with Crippen LogP contribution < -0.4 is 0 Å². The van der Waals surface area contributed by atoms with Gasteiger partial charge in [-0.3, -0.25) is 4.79 Å². The standard InChI is InChI=1S/C23H26ClNO6/c24-15-9-10-20-18(12-15)17-7-3-4-8-19(17)25(20)11-5-1-2-6-16(26)13-23(31,22(29)30)14-21(27)28/h3-4,7-10,12,16,26,31H,1-2,5-6,11,13-14H2,(H,27,28)(H,29,30)/t16-,23+/m1/s1. The second-order valence-corrected chi connectivity index (χ2v) is 8.38. The number of aryl methyl sites for hydroxylation is 1. The van der Waals surface area contributed by atoms with Gasteiger partial charge in [0.05, 0.1) is 12.5 Å². The number of hydrogen-bond donors (Lipinski definition) is 4. The largest absolute Gasteiger partial charge is 0.481 e. The van der Waals surface area contributed by atoms with Crippen molar-refractivity contribution in [2.45, 2.75) is 56.8 Å². The SMILES string of the molecule is O=C(O)C[C@@](O)(C[C@H](O)CCCCCn1c2ccccc2c2cc(Cl)ccc21)C(=O)O. The van der Waals surface area contributed by atoms with Crippen molar-refractivity contribution in [1.29, 1.82) is 0 Å². The van der Waals surface area contributed by atoms with Crippen molar-refractivity contribution in [3.8, 4) is 0 Å². The molecule has 2 aromatic carbocycles. The highest BCUT2D eigenvalue weighted by Crippen LogP contribution is 2.31. The van der Waals surface area contributed by atoms with Gasteiger partial charge in [0.15, 0.2) is 5.60 Å². The zero-order valence-electron chi connectivity index (χ0n) is 17.0. The maximum absolute atomic E-state index is 11.2. The molecule has 0 spiro atoms. The minimum Gasteiger partial charge on any atom is -0.481 e. The number of carboxylic acid groups (broad SMARTS) is 2. The van der Waals surface area contributed by atoms with Crippen LogP contribution >= 0.6 is 11.6 Å². The van der Waals surface area contributed by atoms with Gasteiger partial charge < -0.3 is 25.0 Å². The molecule has 0 saturated heterocycles. The lowest BCUT2D eigenvalue weighted by Crippen LogP contribution is -2.43. The highest BCUT2D eigenvalue weighted by atomic mass is 35.5. The number of para-hydroxylation sites is 1. The van der Waals surface area contributed by atoms with Gasteiger partial charge >= 0.3 is 11.9 Å². The van der Waals surface area contributed by atoms with E-state index in [0.717, 1.165) is 41.2 Å². The topological polar surface area (TPSA) is 120 Å². The van der Waals surface area contributed by atoms with Crippen molar-refractivity contribution in [3.63, 3.8) is 0 Å². The van der Waals surface area contributed by atoms with Gasteiger partial charge in [-0.05, 0) is 37.1 Å². The van der Waals surface area contributed by atoms with E-state index >= 15 is 0 Å². The molecule has 4 N–H and O–H groups in total. The molecule has 31 heavy (non-hydrogen) atoms. The summed E-state index contributed by atoms with van der Waals surface area (Å²) >= 11 is 6.18. The minimum atomic E-state index is -2.46. The fourth-order valence-electron chi connectivity index (χ4n) is 4.07. The van der Waals surface area contributed by atoms with E-state index in [1.165, 1.54) is 0 Å². The van der Waals surface area contributed by atoms with Crippen LogP contribution in [0.4, 0.5) is 0 Å². The zero-order chi connectivity index (χ0) is 22.6. The maximum atomic E-state index is 11.2. The van der Waals surface area contributed by atoms with Gasteiger partial charge in [0.1, 0.15) is 0 Å². The van der Waals surface area contributed by atoms with Crippen LogP contribution in [0, 0.1) is 0 Å². The summed E-state index contributed by atoms with van der Waals surface area (Å²) in [5.74, 6) is -3.06. The lowest BCUT2D eigenvalue weighted by atomic mass is 9.90. The van der Waals surface area contributed by atoms with E-state index in [0.29, 0.717) is 11.4 Å². The third-order valence-electron chi connectivity index (χ3n) is 5.57. The van der Waals surface area contributed by atoms with Crippen LogP contribution in [-0.4, -0.2) is 48.6 Å². The van der Waals surface area contributed by atoms with Crippen molar-refractivity contribution >= 4 is 45.3 Å². The van der Waals surface area contributed by atoms with Gasteiger partial charge in [-0.2, -0.15) is 0 Å². The summed E-state index contributed by atoms with van der Waals surface area (Å²) in [4.78, 5) is 22.0. The Morgan fingerprint density at radius 2 is 1.71 bits per heavy atom. The number of unbranched alkanes of at least 4 members (excludes halogenated alkanes) is 2. The van der Waals surface area contributed by atoms with Gasteiger partial charge in [0.2, 0.25) is 0 Å². The molecule has 0 aliphatic rings. The first kappa shape index (κ1) is 23.1. The lowest BCUT2D eigenvalue weighted by Gasteiger charge is -2.24. The Kier molecular flexibility index (Phi) is 7.20. The Morgan fingerprint density at radius 1 is 1.00 bits per heavy atom. The van der Waals surface area contributed by atoms with Crippen LogP contribution in [0.3, 0.4) is 0 Å². The molecule has 2 atom stereocenters. The number of carboxylic acids is 2. The molecule has 0 radical (unpaired) electrons. The van der Waals surface area contributed by atoms with Crippen LogP contribution in [0.15, 0.2) is 42.5 Å². The van der Waals surface area contributed by atoms with E-state index in [9.17, 15) is 19.8 Å². The molecule has 7 nitrogen and oxygen atoms in total. The predicted molar refractivity (Wildman–Crippen MR) is 118 cm³/mol. The number of aliphatic hydroxyl groups excluding tert-OH is 1. The number of aliphatic carboxylic acids is 2. The fraction of sp³-hybridized carbons (Fsp3) is 0.391. The predicted octanol–water partition coefficient (Wildman–Crippen LogP) is 4.05. The minimum absolute atomic E-state index is 0.290. The molecule has 0 fully saturated rings. The van der Waals surface area contributed by atoms with Gasteiger partial charge in [-0.1, -0.05) is 42.6 Å². The van der Waals surface area contributed by atoms with Gasteiger partial charge in [-0.15, -0.1) is 0 Å². The summed E-state index contributed by atoms with van der Waals surface area (Å²) in [5.41, 5.74) is -0.235. The summed E-state index contributed by atoms with van der Waals surface area (Å²) in [7, 11) is 0. The van der Waals surface area contributed by atoms with E-state index in [4.69, 9.17) is 21.8 Å². The third-order valence-corrected chi connectivity index (χ3v) is 5.80. The second-order valence-electron chi connectivity index (χ2n) is 7.94. The van der Waals surface area contributed by atoms with Crippen LogP contribution in [0.2, 0.25) is 5.02 Å². The molecule has 1 heterocycles. The van der Waals surface area contributed by atoms with E-state index in [1.54, 1.807) is 0 Å². The number of hydrogen-bond acceptors (Lipinski definition) is 4. The average Bonchev–Trinajstić information content (AvgIpc) is 3.00. The number of rotatable bonds is 11. The molecule has 8 heteroatoms. The average molecular weight is 448 g/mol. The Balaban J connectivity index is 1.57. The van der Waals surface area contributed by atoms with E-state index in [2.05, 4.69) is 16.7 Å². The summed E-state index contributed by atoms with van der Waals surface area (Å²) in [5, 5.41) is 41.0. The van der Waals surface area contributed by atoms with Crippen LogP contribution in [0.5, 0.6) is 0 Å². The first-order valence-corrected chi connectivity index (χ1v) is 10.6. The van der Waals surface area contributed by atoms with Gasteiger partial charge in [0, 0.05) is 39.8 Å². The molecular weight excluding hydrogens is 422 g/mol. The number of aromatic nitrogens is 1. The molecule has 1 aromatic heterocycles. The Hall–Kier alpha value is -2.61. The number of halogens is 1. The molecule has 0 aliphatic heterocycles. The lowest BCUT2D eigenvalue weighted by molar-refractivity contribution is -0.168. The Morgan fingerprint density at radius 3 is 2.42 bits per heavy atom. The maximum Gasteiger partial charge on any atom is 0.336 e. The van der Waals surface area contributed by atoms with E-state index < -0.39 is 36.5 Å². The van der Waals surface area contributed by atoms with Crippen molar-refractivity contribution in [2.75, 3.05) is 0 Å². The molecule has 0 unspecified atom stereocenters. The second kappa shape index (κ2) is 9.68. The van der Waals surface area contributed by atoms with Crippen LogP contribution in [0.1, 0.15) is 38.5 Å². The number of carbonyl (C=O) groups is 2. The molecule has 166 valence electrons. The molecular formula is C23H26ClNO6. The van der Waals surface area contributed by atoms with Crippen molar-refractivity contribution in [3.05, 3.63) is 47.5 Å². The summed E-state index contributed by atoms with van der Waals surface area (Å²) in [6.07, 6.45) is 0.0188. The number of aliphatic hydroxyl groups is 2. The summed E-state index contributed by atoms with van der Waals surface area (Å²) in [6.45, 7) is 0.778. The molecule has 3 rings (SSSR count). The van der Waals surface area contributed by atoms with Crippen molar-refractivity contribution < 1.29 is 30.0 Å². The third kappa shape index (κ3) is 5.36. The summed E-state index contributed by atoms with van der Waals surface area (Å²) in [6, 6.07) is 14.0. The van der Waals surface area contributed by atoms with Crippen LogP contribution in [-0.2, 0) is 16.1 Å². The zero-order valence-corrected chi connectivity index (χ0v) is 17.8. The van der Waals surface area contributed by atoms with E-state index in [1.807, 2.05) is 30.3 Å². The highest BCUT2D eigenvalue weighted by molar-refractivity contribution is 6.31. The molecule has 3 aromatic rings. The molecule has 0 aliphatic carbocycles. The number of fused-ring (bicyclic) bond motifs is 3. The van der Waals surface area contributed by atoms with Crippen molar-refractivity contribution in [2.24, 2.45) is 0 Å². The smallest absolute Gasteiger partial charge is 0.336 e. The number of benzene rings is 2. The first-order valence-electron chi connectivity index (χ1n) is 10.2. The molecule has 0 amide bonds. The van der Waals surface area contributed by atoms with Gasteiger partial charge in [-0.25, -0.2) is 4.79 Å². The fourth-order valence-corrected chi connectivity index (χ4v) is 4.24. The van der Waals surface area contributed by atoms with Crippen molar-refractivity contribution in [1.82, 2.24) is 4.57 Å². The first-order chi connectivity index (χ1) is 14.7. The Bertz CT molecular complexity index is 1090. The number of nitrogens with zero attached hydrogens (tertiary/aromatic N) is 1. The molecule has 0 bridgehead atoms. The van der Waals surface area contributed by atoms with Gasteiger partial charge in [0.25, 0.3) is 0 Å².